The molecule has 0 aliphatic rings. The number of anilines is 1. The number of fused-ring (bicyclic) bond motifs is 1. The minimum atomic E-state index is -4.67. The quantitative estimate of drug-likeness (QED) is 0.691. The van der Waals surface area contributed by atoms with Gasteiger partial charge in [-0.1, -0.05) is 29.8 Å². The molecule has 1 N–H and O–H groups in total. The molecular formula is C18H15F4N3. The van der Waals surface area contributed by atoms with Crippen LogP contribution in [0.25, 0.3) is 10.9 Å². The number of alkyl halides is 3. The molecule has 3 rings (SSSR count). The minimum Gasteiger partial charge on any atom is -0.369 e. The van der Waals surface area contributed by atoms with Gasteiger partial charge in [-0.15, -0.1) is 0 Å². The van der Waals surface area contributed by atoms with Gasteiger partial charge < -0.3 is 5.32 Å². The first-order valence-corrected chi connectivity index (χ1v) is 7.67. The van der Waals surface area contributed by atoms with Gasteiger partial charge in [0, 0.05) is 11.9 Å². The lowest BCUT2D eigenvalue weighted by Crippen LogP contribution is -2.15. The molecule has 0 saturated heterocycles. The molecule has 0 aliphatic heterocycles. The summed E-state index contributed by atoms with van der Waals surface area (Å²) in [6, 6.07) is 11.3. The van der Waals surface area contributed by atoms with Crippen LogP contribution in [0.15, 0.2) is 42.5 Å². The van der Waals surface area contributed by atoms with Crippen molar-refractivity contribution in [3.05, 3.63) is 65.2 Å². The average molecular weight is 349 g/mol. The number of benzene rings is 2. The first kappa shape index (κ1) is 17.1. The number of aryl methyl sites for hydroxylation is 1. The number of nitrogens with one attached hydrogen (secondary N) is 1. The van der Waals surface area contributed by atoms with Crippen molar-refractivity contribution in [2.45, 2.75) is 19.5 Å². The van der Waals surface area contributed by atoms with Crippen LogP contribution < -0.4 is 5.32 Å². The number of hydrogen-bond acceptors (Lipinski definition) is 3. The summed E-state index contributed by atoms with van der Waals surface area (Å²) in [5, 5.41) is 3.09. The molecular weight excluding hydrogens is 334 g/mol. The lowest BCUT2D eigenvalue weighted by molar-refractivity contribution is -0.144. The molecule has 3 nitrogen and oxygen atoms in total. The van der Waals surface area contributed by atoms with Crippen molar-refractivity contribution in [2.75, 3.05) is 11.9 Å². The fourth-order valence-electron chi connectivity index (χ4n) is 2.44. The van der Waals surface area contributed by atoms with Gasteiger partial charge >= 0.3 is 6.18 Å². The highest BCUT2D eigenvalue weighted by molar-refractivity contribution is 5.89. The predicted octanol–water partition coefficient (Wildman–Crippen LogP) is 4.75. The molecule has 0 atom stereocenters. The van der Waals surface area contributed by atoms with Crippen LogP contribution in [-0.2, 0) is 12.6 Å². The van der Waals surface area contributed by atoms with E-state index in [1.54, 1.807) is 0 Å². The molecule has 0 aliphatic carbocycles. The van der Waals surface area contributed by atoms with E-state index in [9.17, 15) is 17.6 Å². The van der Waals surface area contributed by atoms with E-state index in [4.69, 9.17) is 0 Å². The van der Waals surface area contributed by atoms with E-state index in [1.807, 2.05) is 31.2 Å². The molecule has 130 valence electrons. The van der Waals surface area contributed by atoms with Crippen molar-refractivity contribution >= 4 is 16.7 Å². The van der Waals surface area contributed by atoms with E-state index < -0.39 is 17.8 Å². The summed E-state index contributed by atoms with van der Waals surface area (Å²) in [4.78, 5) is 7.03. The highest BCUT2D eigenvalue weighted by Gasteiger charge is 2.35. The van der Waals surface area contributed by atoms with E-state index in [1.165, 1.54) is 6.07 Å². The molecule has 25 heavy (non-hydrogen) atoms. The van der Waals surface area contributed by atoms with Crippen molar-refractivity contribution in [1.29, 1.82) is 0 Å². The average Bonchev–Trinajstić information content (AvgIpc) is 2.56. The van der Waals surface area contributed by atoms with Crippen molar-refractivity contribution in [2.24, 2.45) is 0 Å². The molecule has 2 aromatic carbocycles. The van der Waals surface area contributed by atoms with E-state index in [2.05, 4.69) is 15.3 Å². The molecule has 3 aromatic rings. The standard InChI is InChI=1S/C18H15F4N3/c1-11-2-4-12(5-3-11)8-9-23-16-14-10-13(19)6-7-15(14)24-17(25-16)18(20,21)22/h2-7,10H,8-9H2,1H3,(H,23,24,25). The third-order valence-electron chi connectivity index (χ3n) is 3.74. The van der Waals surface area contributed by atoms with Crippen molar-refractivity contribution in [3.8, 4) is 0 Å². The Morgan fingerprint density at radius 1 is 1.00 bits per heavy atom. The number of aromatic nitrogens is 2. The molecule has 0 spiro atoms. The Morgan fingerprint density at radius 2 is 1.72 bits per heavy atom. The molecule has 0 amide bonds. The number of rotatable bonds is 4. The maximum atomic E-state index is 13.5. The summed E-state index contributed by atoms with van der Waals surface area (Å²) in [5.41, 5.74) is 2.21. The van der Waals surface area contributed by atoms with Gasteiger partial charge in [-0.2, -0.15) is 13.2 Å². The highest BCUT2D eigenvalue weighted by atomic mass is 19.4. The van der Waals surface area contributed by atoms with Crippen LogP contribution in [0.1, 0.15) is 17.0 Å². The molecule has 7 heteroatoms. The molecule has 1 aromatic heterocycles. The Kier molecular flexibility index (Phi) is 4.57. The Morgan fingerprint density at radius 3 is 2.40 bits per heavy atom. The summed E-state index contributed by atoms with van der Waals surface area (Å²) >= 11 is 0. The topological polar surface area (TPSA) is 37.8 Å². The maximum Gasteiger partial charge on any atom is 0.451 e. The third kappa shape index (κ3) is 4.04. The monoisotopic (exact) mass is 349 g/mol. The van der Waals surface area contributed by atoms with Gasteiger partial charge in [0.25, 0.3) is 0 Å². The first-order chi connectivity index (χ1) is 11.8. The Balaban J connectivity index is 1.87. The smallest absolute Gasteiger partial charge is 0.369 e. The van der Waals surface area contributed by atoms with E-state index in [-0.39, 0.29) is 16.7 Å². The van der Waals surface area contributed by atoms with Gasteiger partial charge in [0.2, 0.25) is 5.82 Å². The van der Waals surface area contributed by atoms with Gasteiger partial charge in [-0.05, 0) is 37.1 Å². The fourth-order valence-corrected chi connectivity index (χ4v) is 2.44. The lowest BCUT2D eigenvalue weighted by atomic mass is 10.1. The number of nitrogens with zero attached hydrogens (tertiary/aromatic N) is 2. The first-order valence-electron chi connectivity index (χ1n) is 7.67. The summed E-state index contributed by atoms with van der Waals surface area (Å²) in [5.74, 6) is -1.83. The van der Waals surface area contributed by atoms with Crippen LogP contribution >= 0.6 is 0 Å². The summed E-state index contributed by atoms with van der Waals surface area (Å²) < 4.78 is 52.4. The number of halogens is 4. The Hall–Kier alpha value is -2.70. The van der Waals surface area contributed by atoms with Crippen LogP contribution in [0.5, 0.6) is 0 Å². The van der Waals surface area contributed by atoms with Crippen LogP contribution in [0.2, 0.25) is 0 Å². The zero-order chi connectivity index (χ0) is 18.0. The van der Waals surface area contributed by atoms with Crippen molar-refractivity contribution < 1.29 is 17.6 Å². The van der Waals surface area contributed by atoms with Gasteiger partial charge in [0.05, 0.1) is 5.52 Å². The largest absolute Gasteiger partial charge is 0.451 e. The second-order valence-electron chi connectivity index (χ2n) is 5.72. The summed E-state index contributed by atoms with van der Waals surface area (Å²) in [6.07, 6.45) is -4.07. The van der Waals surface area contributed by atoms with Crippen LogP contribution in [0.3, 0.4) is 0 Å². The van der Waals surface area contributed by atoms with Gasteiger partial charge in [0.1, 0.15) is 11.6 Å². The zero-order valence-electron chi connectivity index (χ0n) is 13.4. The normalized spacial score (nSPS) is 11.7. The second-order valence-corrected chi connectivity index (χ2v) is 5.72. The van der Waals surface area contributed by atoms with Crippen molar-refractivity contribution in [1.82, 2.24) is 9.97 Å². The van der Waals surface area contributed by atoms with E-state index >= 15 is 0 Å². The lowest BCUT2D eigenvalue weighted by Gasteiger charge is -2.12. The predicted molar refractivity (Wildman–Crippen MR) is 87.9 cm³/mol. The summed E-state index contributed by atoms with van der Waals surface area (Å²) in [7, 11) is 0. The van der Waals surface area contributed by atoms with E-state index in [0.717, 1.165) is 23.3 Å². The molecule has 0 fully saturated rings. The van der Waals surface area contributed by atoms with Crippen LogP contribution in [0, 0.1) is 12.7 Å². The van der Waals surface area contributed by atoms with Crippen LogP contribution in [-0.4, -0.2) is 16.5 Å². The van der Waals surface area contributed by atoms with E-state index in [0.29, 0.717) is 13.0 Å². The summed E-state index contributed by atoms with van der Waals surface area (Å²) in [6.45, 7) is 2.34. The van der Waals surface area contributed by atoms with Gasteiger partial charge in [-0.3, -0.25) is 0 Å². The highest BCUT2D eigenvalue weighted by Crippen LogP contribution is 2.30. The van der Waals surface area contributed by atoms with Gasteiger partial charge in [-0.25, -0.2) is 14.4 Å². The molecule has 0 unspecified atom stereocenters. The number of hydrogen-bond donors (Lipinski definition) is 1. The SMILES string of the molecule is Cc1ccc(CCNc2nc(C(F)(F)F)nc3ccc(F)cc23)cc1. The van der Waals surface area contributed by atoms with Crippen LogP contribution in [0.4, 0.5) is 23.4 Å². The van der Waals surface area contributed by atoms with Gasteiger partial charge in [0.15, 0.2) is 0 Å². The fraction of sp³-hybridized carbons (Fsp3) is 0.222. The minimum absolute atomic E-state index is 0.0241. The molecule has 0 saturated carbocycles. The molecule has 0 radical (unpaired) electrons. The maximum absolute atomic E-state index is 13.5. The van der Waals surface area contributed by atoms with Crippen molar-refractivity contribution in [3.63, 3.8) is 0 Å². The Labute approximate surface area is 141 Å². The second kappa shape index (κ2) is 6.66. The molecule has 0 bridgehead atoms. The third-order valence-corrected chi connectivity index (χ3v) is 3.74. The zero-order valence-corrected chi connectivity index (χ0v) is 13.4. The Bertz CT molecular complexity index is 889. The molecule has 1 heterocycles.